The molecule has 3 rings (SSSR count). The largest absolute Gasteiger partial charge is 0.327 e. The van der Waals surface area contributed by atoms with Gasteiger partial charge in [0, 0.05) is 23.7 Å². The number of H-pyrrole nitrogens is 1. The standard InChI is InChI=1S/C10H12N4/c1-2-9-6-11-7-14(9)10(3-1)8-4-12-13-5-8/h4-7,10H,1-3H2,(H,12,13). The van der Waals surface area contributed by atoms with E-state index >= 15 is 0 Å². The maximum atomic E-state index is 4.20. The summed E-state index contributed by atoms with van der Waals surface area (Å²) in [5.41, 5.74) is 2.59. The van der Waals surface area contributed by atoms with Crippen LogP contribution in [0.2, 0.25) is 0 Å². The van der Waals surface area contributed by atoms with Gasteiger partial charge in [0.15, 0.2) is 0 Å². The highest BCUT2D eigenvalue weighted by atomic mass is 15.1. The van der Waals surface area contributed by atoms with Crippen LogP contribution < -0.4 is 0 Å². The second-order valence-corrected chi connectivity index (χ2v) is 3.73. The van der Waals surface area contributed by atoms with Crippen molar-refractivity contribution in [2.75, 3.05) is 0 Å². The van der Waals surface area contributed by atoms with Gasteiger partial charge in [-0.05, 0) is 19.3 Å². The van der Waals surface area contributed by atoms with Crippen LogP contribution in [0.5, 0.6) is 0 Å². The van der Waals surface area contributed by atoms with Crippen molar-refractivity contribution in [2.45, 2.75) is 25.3 Å². The van der Waals surface area contributed by atoms with Crippen LogP contribution in [-0.4, -0.2) is 19.7 Å². The first-order valence-corrected chi connectivity index (χ1v) is 4.94. The van der Waals surface area contributed by atoms with Crippen molar-refractivity contribution in [1.82, 2.24) is 19.7 Å². The summed E-state index contributed by atoms with van der Waals surface area (Å²) >= 11 is 0. The zero-order valence-electron chi connectivity index (χ0n) is 7.85. The fraction of sp³-hybridized carbons (Fsp3) is 0.400. The Labute approximate surface area is 82.0 Å². The first-order valence-electron chi connectivity index (χ1n) is 4.94. The zero-order valence-corrected chi connectivity index (χ0v) is 7.85. The number of rotatable bonds is 1. The minimum atomic E-state index is 0.431. The summed E-state index contributed by atoms with van der Waals surface area (Å²) in [5, 5.41) is 6.86. The van der Waals surface area contributed by atoms with Crippen molar-refractivity contribution in [3.63, 3.8) is 0 Å². The van der Waals surface area contributed by atoms with Crippen LogP contribution >= 0.6 is 0 Å². The van der Waals surface area contributed by atoms with E-state index in [0.717, 1.165) is 6.42 Å². The molecule has 2 aromatic heterocycles. The molecule has 0 spiro atoms. The molecule has 0 saturated carbocycles. The smallest absolute Gasteiger partial charge is 0.0953 e. The second kappa shape index (κ2) is 2.97. The molecule has 0 radical (unpaired) electrons. The van der Waals surface area contributed by atoms with Gasteiger partial charge in [0.2, 0.25) is 0 Å². The molecule has 1 unspecified atom stereocenters. The predicted octanol–water partition coefficient (Wildman–Crippen LogP) is 1.53. The highest BCUT2D eigenvalue weighted by Gasteiger charge is 2.21. The van der Waals surface area contributed by atoms with Crippen molar-refractivity contribution in [2.24, 2.45) is 0 Å². The molecule has 72 valence electrons. The number of aromatic nitrogens is 4. The Morgan fingerprint density at radius 3 is 3.29 bits per heavy atom. The van der Waals surface area contributed by atoms with Crippen molar-refractivity contribution < 1.29 is 0 Å². The predicted molar refractivity (Wildman–Crippen MR) is 51.9 cm³/mol. The van der Waals surface area contributed by atoms with E-state index in [-0.39, 0.29) is 0 Å². The first-order chi connectivity index (χ1) is 6.95. The maximum Gasteiger partial charge on any atom is 0.0953 e. The molecule has 3 heterocycles. The van der Waals surface area contributed by atoms with Gasteiger partial charge in [0.05, 0.1) is 18.6 Å². The number of nitrogens with one attached hydrogen (secondary N) is 1. The number of aryl methyl sites for hydroxylation is 1. The molecular formula is C10H12N4. The van der Waals surface area contributed by atoms with Crippen LogP contribution in [0, 0.1) is 0 Å². The molecule has 14 heavy (non-hydrogen) atoms. The third kappa shape index (κ3) is 1.07. The Morgan fingerprint density at radius 1 is 1.43 bits per heavy atom. The highest BCUT2D eigenvalue weighted by molar-refractivity contribution is 5.16. The average Bonchev–Trinajstić information content (AvgIpc) is 2.88. The Balaban J connectivity index is 2.04. The normalized spacial score (nSPS) is 20.7. The fourth-order valence-corrected chi connectivity index (χ4v) is 2.19. The SMILES string of the molecule is c1n[nH]cc1C1CCCc2cncn21. The second-order valence-electron chi connectivity index (χ2n) is 3.73. The monoisotopic (exact) mass is 188 g/mol. The summed E-state index contributed by atoms with van der Waals surface area (Å²) in [6, 6.07) is 0.431. The number of hydrogen-bond acceptors (Lipinski definition) is 2. The van der Waals surface area contributed by atoms with Gasteiger partial charge < -0.3 is 4.57 Å². The third-order valence-corrected chi connectivity index (χ3v) is 2.90. The van der Waals surface area contributed by atoms with Crippen molar-refractivity contribution in [1.29, 1.82) is 0 Å². The summed E-state index contributed by atoms with van der Waals surface area (Å²) in [5.74, 6) is 0. The van der Waals surface area contributed by atoms with Gasteiger partial charge in [-0.2, -0.15) is 5.10 Å². The van der Waals surface area contributed by atoms with Crippen LogP contribution in [0.25, 0.3) is 0 Å². The van der Waals surface area contributed by atoms with Crippen LogP contribution in [0.15, 0.2) is 24.9 Å². The van der Waals surface area contributed by atoms with E-state index in [1.165, 1.54) is 24.1 Å². The van der Waals surface area contributed by atoms with Gasteiger partial charge in [-0.3, -0.25) is 5.10 Å². The molecule has 0 saturated heterocycles. The number of fused-ring (bicyclic) bond motifs is 1. The Kier molecular flexibility index (Phi) is 1.65. The number of aromatic amines is 1. The van der Waals surface area contributed by atoms with Crippen molar-refractivity contribution in [3.05, 3.63) is 36.2 Å². The number of nitrogens with zero attached hydrogens (tertiary/aromatic N) is 3. The summed E-state index contributed by atoms with van der Waals surface area (Å²) in [4.78, 5) is 4.20. The molecule has 0 aliphatic carbocycles. The van der Waals surface area contributed by atoms with Crippen molar-refractivity contribution >= 4 is 0 Å². The number of imidazole rings is 1. The zero-order chi connectivity index (χ0) is 9.38. The summed E-state index contributed by atoms with van der Waals surface area (Å²) in [6.07, 6.45) is 11.3. The summed E-state index contributed by atoms with van der Waals surface area (Å²) in [7, 11) is 0. The van der Waals surface area contributed by atoms with E-state index in [1.54, 1.807) is 0 Å². The lowest BCUT2D eigenvalue weighted by Crippen LogP contribution is -2.17. The van der Waals surface area contributed by atoms with Gasteiger partial charge in [-0.1, -0.05) is 0 Å². The van der Waals surface area contributed by atoms with Gasteiger partial charge in [0.1, 0.15) is 0 Å². The average molecular weight is 188 g/mol. The molecule has 1 N–H and O–H groups in total. The Bertz CT molecular complexity index is 415. The van der Waals surface area contributed by atoms with Gasteiger partial charge in [-0.15, -0.1) is 0 Å². The van der Waals surface area contributed by atoms with Crippen LogP contribution in [0.3, 0.4) is 0 Å². The van der Waals surface area contributed by atoms with Crippen molar-refractivity contribution in [3.8, 4) is 0 Å². The number of hydrogen-bond donors (Lipinski definition) is 1. The van der Waals surface area contributed by atoms with E-state index < -0.39 is 0 Å². The minimum absolute atomic E-state index is 0.431. The lowest BCUT2D eigenvalue weighted by molar-refractivity contribution is 0.458. The molecular weight excluding hydrogens is 176 g/mol. The molecule has 2 aromatic rings. The molecule has 1 aliphatic rings. The molecule has 0 amide bonds. The quantitative estimate of drug-likeness (QED) is 0.737. The first kappa shape index (κ1) is 7.79. The lowest BCUT2D eigenvalue weighted by Gasteiger charge is -2.24. The molecule has 0 fully saturated rings. The Hall–Kier alpha value is -1.58. The Morgan fingerprint density at radius 2 is 2.43 bits per heavy atom. The molecule has 4 heteroatoms. The van der Waals surface area contributed by atoms with E-state index in [4.69, 9.17) is 0 Å². The van der Waals surface area contributed by atoms with Crippen LogP contribution in [-0.2, 0) is 6.42 Å². The molecule has 1 aliphatic heterocycles. The van der Waals surface area contributed by atoms with Crippen LogP contribution in [0.1, 0.15) is 30.1 Å². The van der Waals surface area contributed by atoms with E-state index in [2.05, 4.69) is 19.7 Å². The molecule has 1 atom stereocenters. The van der Waals surface area contributed by atoms with E-state index in [1.807, 2.05) is 24.9 Å². The topological polar surface area (TPSA) is 46.5 Å². The molecule has 0 bridgehead atoms. The maximum absolute atomic E-state index is 4.20. The summed E-state index contributed by atoms with van der Waals surface area (Å²) in [6.45, 7) is 0. The highest BCUT2D eigenvalue weighted by Crippen LogP contribution is 2.29. The molecule has 4 nitrogen and oxygen atoms in total. The van der Waals surface area contributed by atoms with Gasteiger partial charge >= 0.3 is 0 Å². The summed E-state index contributed by atoms with van der Waals surface area (Å²) < 4.78 is 2.26. The van der Waals surface area contributed by atoms with Gasteiger partial charge in [0.25, 0.3) is 0 Å². The van der Waals surface area contributed by atoms with E-state index in [9.17, 15) is 0 Å². The minimum Gasteiger partial charge on any atom is -0.327 e. The lowest BCUT2D eigenvalue weighted by atomic mass is 9.99. The van der Waals surface area contributed by atoms with Crippen LogP contribution in [0.4, 0.5) is 0 Å². The molecule has 0 aromatic carbocycles. The third-order valence-electron chi connectivity index (χ3n) is 2.90. The van der Waals surface area contributed by atoms with Gasteiger partial charge in [-0.25, -0.2) is 4.98 Å². The fourth-order valence-electron chi connectivity index (χ4n) is 2.19. The van der Waals surface area contributed by atoms with E-state index in [0.29, 0.717) is 6.04 Å².